The van der Waals surface area contributed by atoms with Crippen molar-refractivity contribution in [3.8, 4) is 0 Å². The normalized spacial score (nSPS) is 12.9. The third kappa shape index (κ3) is 2.13. The van der Waals surface area contributed by atoms with Crippen LogP contribution in [0, 0.1) is 0 Å². The van der Waals surface area contributed by atoms with Gasteiger partial charge in [0.25, 0.3) is 5.56 Å². The fourth-order valence-electron chi connectivity index (χ4n) is 1.75. The summed E-state index contributed by atoms with van der Waals surface area (Å²) >= 11 is 0. The molecule has 0 aliphatic heterocycles. The lowest BCUT2D eigenvalue weighted by molar-refractivity contribution is -0.124. The second kappa shape index (κ2) is 4.64. The Kier molecular flexibility index (Phi) is 3.18. The van der Waals surface area contributed by atoms with Gasteiger partial charge >= 0.3 is 0 Å². The number of hydrogen-bond acceptors (Lipinski definition) is 3. The lowest BCUT2D eigenvalue weighted by Crippen LogP contribution is -2.40. The standard InChI is InChI=1S/C12H16N4O2/c1-8(2)14-11(17)9(3)16-12(18)10-5-4-6-15(10)7-13-16/h4-9H,1-3H3,(H,14,17). The first-order valence-corrected chi connectivity index (χ1v) is 5.85. The van der Waals surface area contributed by atoms with Crippen molar-refractivity contribution >= 4 is 11.4 Å². The van der Waals surface area contributed by atoms with Gasteiger partial charge in [-0.3, -0.25) is 9.59 Å². The molecule has 2 aromatic rings. The highest BCUT2D eigenvalue weighted by molar-refractivity contribution is 5.80. The predicted octanol–water partition coefficient (Wildman–Crippen LogP) is 0.582. The van der Waals surface area contributed by atoms with Gasteiger partial charge in [-0.2, -0.15) is 5.10 Å². The van der Waals surface area contributed by atoms with Gasteiger partial charge in [-0.15, -0.1) is 0 Å². The zero-order valence-electron chi connectivity index (χ0n) is 10.6. The smallest absolute Gasteiger partial charge is 0.291 e. The van der Waals surface area contributed by atoms with Crippen LogP contribution in [0.1, 0.15) is 26.8 Å². The van der Waals surface area contributed by atoms with Gasteiger partial charge in [-0.25, -0.2) is 4.68 Å². The van der Waals surface area contributed by atoms with E-state index in [9.17, 15) is 9.59 Å². The molecule has 0 aliphatic carbocycles. The third-order valence-corrected chi connectivity index (χ3v) is 2.68. The van der Waals surface area contributed by atoms with Crippen LogP contribution in [-0.2, 0) is 4.79 Å². The Morgan fingerprint density at radius 2 is 2.11 bits per heavy atom. The summed E-state index contributed by atoms with van der Waals surface area (Å²) in [5.41, 5.74) is 0.239. The molecule has 0 bridgehead atoms. The first kappa shape index (κ1) is 12.3. The summed E-state index contributed by atoms with van der Waals surface area (Å²) in [7, 11) is 0. The zero-order valence-corrected chi connectivity index (χ0v) is 10.6. The maximum Gasteiger partial charge on any atom is 0.291 e. The summed E-state index contributed by atoms with van der Waals surface area (Å²) < 4.78 is 2.83. The van der Waals surface area contributed by atoms with Crippen LogP contribution in [-0.4, -0.2) is 26.1 Å². The lowest BCUT2D eigenvalue weighted by atomic mass is 10.3. The Hall–Kier alpha value is -2.11. The highest BCUT2D eigenvalue weighted by atomic mass is 16.2. The van der Waals surface area contributed by atoms with Gasteiger partial charge in [-0.1, -0.05) is 0 Å². The fraction of sp³-hybridized carbons (Fsp3) is 0.417. The summed E-state index contributed by atoms with van der Waals surface area (Å²) in [4.78, 5) is 24.0. The van der Waals surface area contributed by atoms with E-state index in [1.807, 2.05) is 13.8 Å². The van der Waals surface area contributed by atoms with E-state index in [-0.39, 0.29) is 17.5 Å². The molecule has 96 valence electrons. The summed E-state index contributed by atoms with van der Waals surface area (Å²) in [5.74, 6) is -0.212. The number of nitrogens with zero attached hydrogens (tertiary/aromatic N) is 3. The minimum absolute atomic E-state index is 0.0349. The second-order valence-electron chi connectivity index (χ2n) is 4.52. The molecule has 2 aromatic heterocycles. The van der Waals surface area contributed by atoms with Crippen molar-refractivity contribution in [3.63, 3.8) is 0 Å². The van der Waals surface area contributed by atoms with Crippen LogP contribution in [0.2, 0.25) is 0 Å². The molecular formula is C12H16N4O2. The maximum atomic E-state index is 12.1. The van der Waals surface area contributed by atoms with Gasteiger partial charge in [0.05, 0.1) is 0 Å². The number of nitrogens with one attached hydrogen (secondary N) is 1. The van der Waals surface area contributed by atoms with E-state index in [4.69, 9.17) is 0 Å². The van der Waals surface area contributed by atoms with Crippen LogP contribution in [0.15, 0.2) is 29.5 Å². The average Bonchev–Trinajstić information content (AvgIpc) is 2.76. The SMILES string of the molecule is CC(C)NC(=O)C(C)n1ncn2cccc2c1=O. The average molecular weight is 248 g/mol. The van der Waals surface area contributed by atoms with Crippen LogP contribution in [0.3, 0.4) is 0 Å². The molecule has 0 aromatic carbocycles. The number of carbonyl (C=O) groups excluding carboxylic acids is 1. The first-order chi connectivity index (χ1) is 8.50. The van der Waals surface area contributed by atoms with Crippen molar-refractivity contribution in [1.82, 2.24) is 19.5 Å². The van der Waals surface area contributed by atoms with E-state index in [2.05, 4.69) is 10.4 Å². The Balaban J connectivity index is 2.38. The van der Waals surface area contributed by atoms with Gasteiger partial charge in [0, 0.05) is 12.2 Å². The molecule has 1 unspecified atom stereocenters. The van der Waals surface area contributed by atoms with Crippen LogP contribution in [0.5, 0.6) is 0 Å². The molecular weight excluding hydrogens is 232 g/mol. The second-order valence-corrected chi connectivity index (χ2v) is 4.52. The molecule has 6 nitrogen and oxygen atoms in total. The molecule has 1 amide bonds. The molecule has 1 atom stereocenters. The Bertz CT molecular complexity index is 626. The van der Waals surface area contributed by atoms with Gasteiger partial charge in [0.2, 0.25) is 5.91 Å². The Labute approximate surface area is 104 Å². The molecule has 0 saturated carbocycles. The Morgan fingerprint density at radius 1 is 1.39 bits per heavy atom. The topological polar surface area (TPSA) is 68.4 Å². The first-order valence-electron chi connectivity index (χ1n) is 5.85. The molecule has 2 rings (SSSR count). The lowest BCUT2D eigenvalue weighted by Gasteiger charge is -2.15. The summed E-state index contributed by atoms with van der Waals surface area (Å²) in [5, 5.41) is 6.78. The highest BCUT2D eigenvalue weighted by Gasteiger charge is 2.18. The van der Waals surface area contributed by atoms with Crippen LogP contribution in [0.4, 0.5) is 0 Å². The van der Waals surface area contributed by atoms with Crippen molar-refractivity contribution in [1.29, 1.82) is 0 Å². The van der Waals surface area contributed by atoms with E-state index in [1.165, 1.54) is 11.0 Å². The van der Waals surface area contributed by atoms with E-state index < -0.39 is 6.04 Å². The zero-order chi connectivity index (χ0) is 13.3. The summed E-state index contributed by atoms with van der Waals surface area (Å²) in [6.45, 7) is 5.40. The number of hydrogen-bond donors (Lipinski definition) is 1. The van der Waals surface area contributed by atoms with Crippen LogP contribution < -0.4 is 10.9 Å². The minimum Gasteiger partial charge on any atom is -0.352 e. The number of aromatic nitrogens is 3. The number of rotatable bonds is 3. The molecule has 0 spiro atoms. The Morgan fingerprint density at radius 3 is 2.78 bits per heavy atom. The van der Waals surface area contributed by atoms with Crippen molar-refractivity contribution in [2.24, 2.45) is 0 Å². The van der Waals surface area contributed by atoms with Crippen LogP contribution in [0.25, 0.3) is 5.52 Å². The molecule has 0 radical (unpaired) electrons. The van der Waals surface area contributed by atoms with Gasteiger partial charge in [-0.05, 0) is 32.9 Å². The number of amides is 1. The van der Waals surface area contributed by atoms with E-state index in [0.717, 1.165) is 0 Å². The minimum atomic E-state index is -0.625. The van der Waals surface area contributed by atoms with E-state index in [0.29, 0.717) is 5.52 Å². The van der Waals surface area contributed by atoms with E-state index >= 15 is 0 Å². The van der Waals surface area contributed by atoms with Crippen molar-refractivity contribution in [2.45, 2.75) is 32.9 Å². The molecule has 0 fully saturated rings. The molecule has 0 saturated heterocycles. The maximum absolute atomic E-state index is 12.1. The monoisotopic (exact) mass is 248 g/mol. The van der Waals surface area contributed by atoms with E-state index in [1.54, 1.807) is 29.7 Å². The summed E-state index contributed by atoms with van der Waals surface area (Å²) in [6, 6.07) is 2.88. The van der Waals surface area contributed by atoms with Gasteiger partial charge < -0.3 is 9.72 Å². The van der Waals surface area contributed by atoms with Gasteiger partial charge in [0.15, 0.2) is 0 Å². The molecule has 6 heteroatoms. The largest absolute Gasteiger partial charge is 0.352 e. The van der Waals surface area contributed by atoms with Crippen molar-refractivity contribution < 1.29 is 4.79 Å². The van der Waals surface area contributed by atoms with Crippen molar-refractivity contribution in [2.75, 3.05) is 0 Å². The summed E-state index contributed by atoms with van der Waals surface area (Å²) in [6.07, 6.45) is 3.27. The molecule has 0 aliphatic rings. The molecule has 2 heterocycles. The van der Waals surface area contributed by atoms with Gasteiger partial charge in [0.1, 0.15) is 17.9 Å². The number of fused-ring (bicyclic) bond motifs is 1. The quantitative estimate of drug-likeness (QED) is 0.864. The molecule has 18 heavy (non-hydrogen) atoms. The molecule has 1 N–H and O–H groups in total. The third-order valence-electron chi connectivity index (χ3n) is 2.68. The predicted molar refractivity (Wildman–Crippen MR) is 67.4 cm³/mol. The highest BCUT2D eigenvalue weighted by Crippen LogP contribution is 2.03. The fourth-order valence-corrected chi connectivity index (χ4v) is 1.75. The van der Waals surface area contributed by atoms with Crippen LogP contribution >= 0.6 is 0 Å². The number of carbonyl (C=O) groups is 1. The van der Waals surface area contributed by atoms with Crippen molar-refractivity contribution in [3.05, 3.63) is 35.0 Å².